The topological polar surface area (TPSA) is 42.0 Å². The van der Waals surface area contributed by atoms with Crippen LogP contribution in [0.3, 0.4) is 0 Å². The number of pyridine rings is 1. The molecule has 2 aliphatic rings. The van der Waals surface area contributed by atoms with E-state index in [9.17, 15) is 4.79 Å². The minimum absolute atomic E-state index is 0.175. The maximum absolute atomic E-state index is 11.8. The Kier molecular flexibility index (Phi) is 4.61. The van der Waals surface area contributed by atoms with E-state index in [0.717, 1.165) is 35.7 Å². The van der Waals surface area contributed by atoms with E-state index in [0.29, 0.717) is 5.75 Å². The van der Waals surface area contributed by atoms with E-state index in [1.54, 1.807) is 18.0 Å². The van der Waals surface area contributed by atoms with Gasteiger partial charge in [-0.15, -0.1) is 11.8 Å². The van der Waals surface area contributed by atoms with Crippen LogP contribution in [0.15, 0.2) is 24.4 Å². The standard InChI is InChI=1S/C16H22N2OS/c19-16(11-20-10-15-3-1-2-6-17-15)18-9-14-8-12-4-5-13(14)7-12/h1-3,6,12-14H,4-5,7-11H2,(H,18,19)/t12-,13-,14+/m0/s1. The molecule has 0 saturated heterocycles. The third-order valence-corrected chi connectivity index (χ3v) is 5.62. The van der Waals surface area contributed by atoms with Crippen molar-refractivity contribution in [1.29, 1.82) is 0 Å². The molecule has 2 aliphatic carbocycles. The Morgan fingerprint density at radius 3 is 3.00 bits per heavy atom. The van der Waals surface area contributed by atoms with Crippen LogP contribution in [0.5, 0.6) is 0 Å². The number of amides is 1. The minimum atomic E-state index is 0.175. The molecule has 0 spiro atoms. The number of thioether (sulfide) groups is 1. The number of hydrogen-bond donors (Lipinski definition) is 1. The molecule has 2 bridgehead atoms. The van der Waals surface area contributed by atoms with Crippen LogP contribution in [0.2, 0.25) is 0 Å². The van der Waals surface area contributed by atoms with Crippen LogP contribution in [-0.2, 0) is 10.5 Å². The summed E-state index contributed by atoms with van der Waals surface area (Å²) in [4.78, 5) is 16.1. The zero-order valence-electron chi connectivity index (χ0n) is 11.8. The largest absolute Gasteiger partial charge is 0.355 e. The number of rotatable bonds is 6. The molecule has 0 unspecified atom stereocenters. The Balaban J connectivity index is 1.32. The van der Waals surface area contributed by atoms with E-state index in [1.165, 1.54) is 25.7 Å². The van der Waals surface area contributed by atoms with Gasteiger partial charge < -0.3 is 5.32 Å². The smallest absolute Gasteiger partial charge is 0.230 e. The molecule has 0 aromatic carbocycles. The monoisotopic (exact) mass is 290 g/mol. The molecule has 3 rings (SSSR count). The van der Waals surface area contributed by atoms with E-state index in [2.05, 4.69) is 10.3 Å². The van der Waals surface area contributed by atoms with Crippen LogP contribution < -0.4 is 5.32 Å². The number of aromatic nitrogens is 1. The van der Waals surface area contributed by atoms with Crippen LogP contribution in [0.1, 0.15) is 31.4 Å². The summed E-state index contributed by atoms with van der Waals surface area (Å²) >= 11 is 1.64. The summed E-state index contributed by atoms with van der Waals surface area (Å²) in [5.74, 6) is 4.12. The second-order valence-electron chi connectivity index (χ2n) is 6.05. The summed E-state index contributed by atoms with van der Waals surface area (Å²) in [5.41, 5.74) is 1.04. The van der Waals surface area contributed by atoms with Crippen molar-refractivity contribution in [2.75, 3.05) is 12.3 Å². The Labute approximate surface area is 124 Å². The highest BCUT2D eigenvalue weighted by Gasteiger charge is 2.39. The van der Waals surface area contributed by atoms with Gasteiger partial charge in [-0.25, -0.2) is 0 Å². The molecule has 108 valence electrons. The molecule has 2 saturated carbocycles. The van der Waals surface area contributed by atoms with Crippen LogP contribution in [0.4, 0.5) is 0 Å². The quantitative estimate of drug-likeness (QED) is 0.876. The summed E-state index contributed by atoms with van der Waals surface area (Å²) in [6.45, 7) is 0.893. The minimum Gasteiger partial charge on any atom is -0.355 e. The fourth-order valence-corrected chi connectivity index (χ4v) is 4.42. The van der Waals surface area contributed by atoms with Gasteiger partial charge in [-0.3, -0.25) is 9.78 Å². The third-order valence-electron chi connectivity index (χ3n) is 4.66. The van der Waals surface area contributed by atoms with Crippen molar-refractivity contribution >= 4 is 17.7 Å². The van der Waals surface area contributed by atoms with Crippen molar-refractivity contribution in [2.45, 2.75) is 31.4 Å². The van der Waals surface area contributed by atoms with E-state index in [1.807, 2.05) is 18.2 Å². The molecule has 20 heavy (non-hydrogen) atoms. The molecule has 3 nitrogen and oxygen atoms in total. The average Bonchev–Trinajstić information content (AvgIpc) is 3.09. The van der Waals surface area contributed by atoms with Gasteiger partial charge in [0.15, 0.2) is 0 Å². The maximum atomic E-state index is 11.8. The first kappa shape index (κ1) is 13.9. The Morgan fingerprint density at radius 1 is 1.35 bits per heavy atom. The lowest BCUT2D eigenvalue weighted by molar-refractivity contribution is -0.118. The number of nitrogens with zero attached hydrogens (tertiary/aromatic N) is 1. The van der Waals surface area contributed by atoms with Gasteiger partial charge in [0.05, 0.1) is 11.4 Å². The van der Waals surface area contributed by atoms with E-state index in [-0.39, 0.29) is 5.91 Å². The first-order valence-corrected chi connectivity index (χ1v) is 8.71. The molecule has 1 heterocycles. The lowest BCUT2D eigenvalue weighted by atomic mass is 9.89. The summed E-state index contributed by atoms with van der Waals surface area (Å²) in [6, 6.07) is 5.90. The molecule has 1 aromatic rings. The predicted octanol–water partition coefficient (Wildman–Crippen LogP) is 2.87. The number of carbonyl (C=O) groups excluding carboxylic acids is 1. The van der Waals surface area contributed by atoms with Gasteiger partial charge in [-0.2, -0.15) is 0 Å². The third kappa shape index (κ3) is 3.54. The molecule has 2 fully saturated rings. The van der Waals surface area contributed by atoms with E-state index < -0.39 is 0 Å². The van der Waals surface area contributed by atoms with Crippen LogP contribution in [0, 0.1) is 17.8 Å². The number of nitrogens with one attached hydrogen (secondary N) is 1. The fourth-order valence-electron chi connectivity index (χ4n) is 3.65. The Hall–Kier alpha value is -1.03. The normalized spacial score (nSPS) is 27.7. The molecule has 0 radical (unpaired) electrons. The Morgan fingerprint density at radius 2 is 2.30 bits per heavy atom. The van der Waals surface area contributed by atoms with E-state index >= 15 is 0 Å². The summed E-state index contributed by atoms with van der Waals surface area (Å²) < 4.78 is 0. The lowest BCUT2D eigenvalue weighted by Crippen LogP contribution is -2.32. The van der Waals surface area contributed by atoms with Crippen molar-refractivity contribution < 1.29 is 4.79 Å². The van der Waals surface area contributed by atoms with Gasteiger partial charge >= 0.3 is 0 Å². The first-order valence-electron chi connectivity index (χ1n) is 7.55. The van der Waals surface area contributed by atoms with Crippen molar-refractivity contribution in [3.8, 4) is 0 Å². The molecule has 1 aromatic heterocycles. The van der Waals surface area contributed by atoms with Gasteiger partial charge in [0.1, 0.15) is 0 Å². The van der Waals surface area contributed by atoms with Crippen molar-refractivity contribution in [3.05, 3.63) is 30.1 Å². The highest BCUT2D eigenvalue weighted by Crippen LogP contribution is 2.47. The molecule has 1 N–H and O–H groups in total. The summed E-state index contributed by atoms with van der Waals surface area (Å²) in [5, 5.41) is 3.12. The molecular formula is C16H22N2OS. The fraction of sp³-hybridized carbons (Fsp3) is 0.625. The molecule has 0 aliphatic heterocycles. The second-order valence-corrected chi connectivity index (χ2v) is 7.04. The van der Waals surface area contributed by atoms with Crippen molar-refractivity contribution in [3.63, 3.8) is 0 Å². The highest BCUT2D eigenvalue weighted by molar-refractivity contribution is 7.99. The molecule has 4 heteroatoms. The number of hydrogen-bond acceptors (Lipinski definition) is 3. The lowest BCUT2D eigenvalue weighted by Gasteiger charge is -2.21. The number of fused-ring (bicyclic) bond motifs is 2. The van der Waals surface area contributed by atoms with Crippen molar-refractivity contribution in [1.82, 2.24) is 10.3 Å². The Bertz CT molecular complexity index is 451. The van der Waals surface area contributed by atoms with Crippen LogP contribution in [-0.4, -0.2) is 23.2 Å². The summed E-state index contributed by atoms with van der Waals surface area (Å²) in [7, 11) is 0. The van der Waals surface area contributed by atoms with Gasteiger partial charge in [0, 0.05) is 18.5 Å². The van der Waals surface area contributed by atoms with Gasteiger partial charge in [0.25, 0.3) is 0 Å². The molecule has 1 amide bonds. The maximum Gasteiger partial charge on any atom is 0.230 e. The predicted molar refractivity (Wildman–Crippen MR) is 82.3 cm³/mol. The molecule has 3 atom stereocenters. The molecular weight excluding hydrogens is 268 g/mol. The zero-order chi connectivity index (χ0) is 13.8. The summed E-state index contributed by atoms with van der Waals surface area (Å²) in [6.07, 6.45) is 7.36. The van der Waals surface area contributed by atoms with E-state index in [4.69, 9.17) is 0 Å². The number of carbonyl (C=O) groups is 1. The van der Waals surface area contributed by atoms with Gasteiger partial charge in [0.2, 0.25) is 5.91 Å². The second kappa shape index (κ2) is 6.61. The highest BCUT2D eigenvalue weighted by atomic mass is 32.2. The van der Waals surface area contributed by atoms with Gasteiger partial charge in [-0.1, -0.05) is 12.5 Å². The van der Waals surface area contributed by atoms with Crippen LogP contribution >= 0.6 is 11.8 Å². The average molecular weight is 290 g/mol. The first-order chi connectivity index (χ1) is 9.81. The van der Waals surface area contributed by atoms with Gasteiger partial charge in [-0.05, 0) is 49.1 Å². The zero-order valence-corrected chi connectivity index (χ0v) is 12.6. The van der Waals surface area contributed by atoms with Crippen LogP contribution in [0.25, 0.3) is 0 Å². The van der Waals surface area contributed by atoms with Crippen molar-refractivity contribution in [2.24, 2.45) is 17.8 Å². The SMILES string of the molecule is O=C(CSCc1ccccn1)NC[C@H]1C[C@H]2CC[C@H]1C2.